The molecule has 7 heteroatoms. The number of hydrogen-bond acceptors (Lipinski definition) is 5. The third-order valence-corrected chi connectivity index (χ3v) is 5.77. The molecule has 1 amide bonds. The zero-order chi connectivity index (χ0) is 21.4. The Balaban J connectivity index is 1.46. The van der Waals surface area contributed by atoms with Crippen molar-refractivity contribution in [2.45, 2.75) is 13.8 Å². The van der Waals surface area contributed by atoms with Gasteiger partial charge in [-0.2, -0.15) is 9.61 Å². The average molecular weight is 426 g/mol. The van der Waals surface area contributed by atoms with Crippen molar-refractivity contribution in [3.63, 3.8) is 0 Å². The fraction of sp³-hybridized carbons (Fsp3) is 0.0833. The number of carbonyl (C=O) groups is 1. The van der Waals surface area contributed by atoms with Gasteiger partial charge >= 0.3 is 0 Å². The van der Waals surface area contributed by atoms with Crippen LogP contribution < -0.4 is 5.32 Å². The molecule has 0 radical (unpaired) electrons. The van der Waals surface area contributed by atoms with Crippen LogP contribution in [0.4, 0.5) is 5.69 Å². The Morgan fingerprint density at radius 2 is 1.77 bits per heavy atom. The smallest absolute Gasteiger partial charge is 0.255 e. The molecule has 6 nitrogen and oxygen atoms in total. The lowest BCUT2D eigenvalue weighted by Crippen LogP contribution is -2.12. The fourth-order valence-electron chi connectivity index (χ4n) is 3.57. The molecule has 0 bridgehead atoms. The van der Waals surface area contributed by atoms with Crippen molar-refractivity contribution in [1.29, 1.82) is 0 Å². The van der Waals surface area contributed by atoms with Crippen molar-refractivity contribution in [1.82, 2.24) is 19.8 Å². The molecule has 31 heavy (non-hydrogen) atoms. The standard InChI is InChI=1S/C24H19N5OS/c1-15-11-16(2)13-18(12-15)24(30)25-19-6-3-5-17(14-19)20-8-9-22-26-27-23(29(22)28-20)21-7-4-10-31-21/h3-14H,1-2H3,(H,25,30). The summed E-state index contributed by atoms with van der Waals surface area (Å²) in [5.41, 5.74) is 5.84. The maximum Gasteiger partial charge on any atom is 0.255 e. The van der Waals surface area contributed by atoms with E-state index in [0.717, 1.165) is 27.3 Å². The van der Waals surface area contributed by atoms with Gasteiger partial charge in [-0.25, -0.2) is 0 Å². The maximum absolute atomic E-state index is 12.7. The lowest BCUT2D eigenvalue weighted by molar-refractivity contribution is 0.102. The van der Waals surface area contributed by atoms with Crippen LogP contribution in [-0.2, 0) is 0 Å². The molecule has 3 aromatic heterocycles. The van der Waals surface area contributed by atoms with E-state index in [9.17, 15) is 4.79 Å². The van der Waals surface area contributed by atoms with Gasteiger partial charge < -0.3 is 5.32 Å². The normalized spacial score (nSPS) is 11.0. The second-order valence-corrected chi connectivity index (χ2v) is 8.35. The van der Waals surface area contributed by atoms with Crippen molar-refractivity contribution >= 4 is 28.6 Å². The molecular weight excluding hydrogens is 406 g/mol. The SMILES string of the molecule is Cc1cc(C)cc(C(=O)Nc2cccc(-c3ccc4nnc(-c5cccs5)n4n3)c2)c1. The zero-order valence-corrected chi connectivity index (χ0v) is 17.9. The average Bonchev–Trinajstić information content (AvgIpc) is 3.42. The highest BCUT2D eigenvalue weighted by atomic mass is 32.1. The summed E-state index contributed by atoms with van der Waals surface area (Å²) in [6, 6.07) is 21.3. The molecule has 0 aliphatic carbocycles. The monoisotopic (exact) mass is 425 g/mol. The van der Waals surface area contributed by atoms with E-state index in [1.807, 2.05) is 79.9 Å². The Morgan fingerprint density at radius 3 is 2.55 bits per heavy atom. The van der Waals surface area contributed by atoms with Crippen LogP contribution in [0.25, 0.3) is 27.6 Å². The number of hydrogen-bond donors (Lipinski definition) is 1. The van der Waals surface area contributed by atoms with E-state index in [1.54, 1.807) is 15.9 Å². The molecule has 0 aliphatic heterocycles. The Labute approximate surface area is 183 Å². The van der Waals surface area contributed by atoms with Crippen molar-refractivity contribution in [2.75, 3.05) is 5.32 Å². The molecule has 2 aromatic carbocycles. The summed E-state index contributed by atoms with van der Waals surface area (Å²) >= 11 is 1.60. The summed E-state index contributed by atoms with van der Waals surface area (Å²) < 4.78 is 1.75. The Hall–Kier alpha value is -3.84. The second kappa shape index (κ2) is 7.77. The second-order valence-electron chi connectivity index (χ2n) is 7.40. The number of thiophene rings is 1. The molecule has 0 spiro atoms. The van der Waals surface area contributed by atoms with Crippen LogP contribution in [0.5, 0.6) is 0 Å². The molecule has 0 unspecified atom stereocenters. The predicted molar refractivity (Wildman–Crippen MR) is 123 cm³/mol. The van der Waals surface area contributed by atoms with Gasteiger partial charge in [0.25, 0.3) is 5.91 Å². The van der Waals surface area contributed by atoms with Crippen LogP contribution in [0.2, 0.25) is 0 Å². The third kappa shape index (κ3) is 3.83. The van der Waals surface area contributed by atoms with Crippen molar-refractivity contribution < 1.29 is 4.79 Å². The molecule has 0 atom stereocenters. The molecule has 3 heterocycles. The van der Waals surface area contributed by atoms with E-state index in [4.69, 9.17) is 5.10 Å². The number of nitrogens with zero attached hydrogens (tertiary/aromatic N) is 4. The quantitative estimate of drug-likeness (QED) is 0.419. The van der Waals surface area contributed by atoms with Gasteiger partial charge in [0.2, 0.25) is 0 Å². The molecule has 0 fully saturated rings. The van der Waals surface area contributed by atoms with Crippen molar-refractivity contribution in [3.8, 4) is 22.0 Å². The first-order valence-corrected chi connectivity index (χ1v) is 10.7. The first-order chi connectivity index (χ1) is 15.1. The third-order valence-electron chi connectivity index (χ3n) is 4.90. The number of carbonyl (C=O) groups excluding carboxylic acids is 1. The van der Waals surface area contributed by atoms with Crippen LogP contribution in [0.15, 0.2) is 72.1 Å². The largest absolute Gasteiger partial charge is 0.322 e. The van der Waals surface area contributed by atoms with Gasteiger partial charge in [-0.15, -0.1) is 21.5 Å². The minimum atomic E-state index is -0.133. The fourth-order valence-corrected chi connectivity index (χ4v) is 4.26. The van der Waals surface area contributed by atoms with E-state index in [0.29, 0.717) is 22.7 Å². The molecule has 5 aromatic rings. The van der Waals surface area contributed by atoms with Gasteiger partial charge in [-0.05, 0) is 61.7 Å². The summed E-state index contributed by atoms with van der Waals surface area (Å²) in [6.07, 6.45) is 0. The number of aromatic nitrogens is 4. The van der Waals surface area contributed by atoms with Gasteiger partial charge in [-0.1, -0.05) is 35.4 Å². The van der Waals surface area contributed by atoms with Crippen LogP contribution >= 0.6 is 11.3 Å². The van der Waals surface area contributed by atoms with E-state index in [-0.39, 0.29) is 5.91 Å². The summed E-state index contributed by atoms with van der Waals surface area (Å²) in [6.45, 7) is 3.98. The highest BCUT2D eigenvalue weighted by molar-refractivity contribution is 7.13. The summed E-state index contributed by atoms with van der Waals surface area (Å²) in [4.78, 5) is 13.7. The molecule has 152 valence electrons. The highest BCUT2D eigenvalue weighted by Gasteiger charge is 2.12. The zero-order valence-electron chi connectivity index (χ0n) is 17.0. The maximum atomic E-state index is 12.7. The van der Waals surface area contributed by atoms with Gasteiger partial charge in [-0.3, -0.25) is 4.79 Å². The van der Waals surface area contributed by atoms with Crippen LogP contribution in [0, 0.1) is 13.8 Å². The number of fused-ring (bicyclic) bond motifs is 1. The molecule has 1 N–H and O–H groups in total. The molecular formula is C24H19N5OS. The minimum Gasteiger partial charge on any atom is -0.322 e. The molecule has 5 rings (SSSR count). The highest BCUT2D eigenvalue weighted by Crippen LogP contribution is 2.26. The van der Waals surface area contributed by atoms with Gasteiger partial charge in [0.15, 0.2) is 11.5 Å². The van der Waals surface area contributed by atoms with Crippen molar-refractivity contribution in [3.05, 3.63) is 88.8 Å². The van der Waals surface area contributed by atoms with Gasteiger partial charge in [0.05, 0.1) is 10.6 Å². The van der Waals surface area contributed by atoms with Gasteiger partial charge in [0.1, 0.15) is 0 Å². The topological polar surface area (TPSA) is 72.2 Å². The Morgan fingerprint density at radius 1 is 0.935 bits per heavy atom. The molecule has 0 saturated heterocycles. The lowest BCUT2D eigenvalue weighted by atomic mass is 10.1. The van der Waals surface area contributed by atoms with E-state index in [2.05, 4.69) is 21.6 Å². The van der Waals surface area contributed by atoms with E-state index in [1.165, 1.54) is 0 Å². The van der Waals surface area contributed by atoms with Gasteiger partial charge in [0, 0.05) is 16.8 Å². The first-order valence-electron chi connectivity index (χ1n) is 9.83. The van der Waals surface area contributed by atoms with Crippen LogP contribution in [-0.4, -0.2) is 25.7 Å². The summed E-state index contributed by atoms with van der Waals surface area (Å²) in [5, 5.41) is 18.2. The first kappa shape index (κ1) is 19.1. The molecule has 0 saturated carbocycles. The Kier molecular flexibility index (Phi) is 4.80. The molecule has 0 aliphatic rings. The summed E-state index contributed by atoms with van der Waals surface area (Å²) in [5.74, 6) is 0.581. The van der Waals surface area contributed by atoms with E-state index < -0.39 is 0 Å². The van der Waals surface area contributed by atoms with Crippen LogP contribution in [0.1, 0.15) is 21.5 Å². The number of anilines is 1. The number of aryl methyl sites for hydroxylation is 2. The van der Waals surface area contributed by atoms with Crippen LogP contribution in [0.3, 0.4) is 0 Å². The predicted octanol–water partition coefficient (Wildman–Crippen LogP) is 5.39. The summed E-state index contributed by atoms with van der Waals surface area (Å²) in [7, 11) is 0. The Bertz CT molecular complexity index is 1380. The number of nitrogens with one attached hydrogen (secondary N) is 1. The van der Waals surface area contributed by atoms with Crippen molar-refractivity contribution in [2.24, 2.45) is 0 Å². The number of rotatable bonds is 4. The van der Waals surface area contributed by atoms with E-state index >= 15 is 0 Å². The number of amides is 1. The minimum absolute atomic E-state index is 0.133. The lowest BCUT2D eigenvalue weighted by Gasteiger charge is -2.09. The number of benzene rings is 2.